The quantitative estimate of drug-likeness (QED) is 0.131. The lowest BCUT2D eigenvalue weighted by Gasteiger charge is -2.43. The fraction of sp³-hybridized carbons (Fsp3) is 0.900. The number of aliphatic hydroxyl groups excluding tert-OH is 2. The molecule has 0 aromatic carbocycles. The van der Waals surface area contributed by atoms with Crippen molar-refractivity contribution >= 4 is 0 Å². The van der Waals surface area contributed by atoms with Crippen molar-refractivity contribution in [2.24, 2.45) is 58.2 Å². The number of aliphatic hydroxyl groups is 2. The van der Waals surface area contributed by atoms with Gasteiger partial charge in [0, 0.05) is 0 Å². The van der Waals surface area contributed by atoms with Gasteiger partial charge in [-0.15, -0.1) is 0 Å². The Hall–Kier alpha value is -0.600. The minimum absolute atomic E-state index is 0.121. The molecule has 2 fully saturated rings. The number of hydrogen-bond acceptors (Lipinski definition) is 2. The van der Waals surface area contributed by atoms with Gasteiger partial charge in [0.05, 0.1) is 12.2 Å². The second-order valence-corrected chi connectivity index (χ2v) is 17.3. The van der Waals surface area contributed by atoms with Crippen LogP contribution in [0.3, 0.4) is 0 Å². The number of rotatable bonds is 17. The molecule has 2 aliphatic carbocycles. The Labute approximate surface area is 263 Å². The van der Waals surface area contributed by atoms with Crippen LogP contribution >= 0.6 is 0 Å². The molecule has 0 unspecified atom stereocenters. The van der Waals surface area contributed by atoms with Crippen LogP contribution in [0.5, 0.6) is 0 Å². The van der Waals surface area contributed by atoms with E-state index in [9.17, 15) is 10.2 Å². The van der Waals surface area contributed by atoms with Crippen molar-refractivity contribution < 1.29 is 10.2 Å². The summed E-state index contributed by atoms with van der Waals surface area (Å²) in [5.41, 5.74) is 0.402. The van der Waals surface area contributed by atoms with Crippen LogP contribution in [-0.2, 0) is 0 Å². The highest BCUT2D eigenvalue weighted by Crippen LogP contribution is 2.46. The van der Waals surface area contributed by atoms with Crippen molar-refractivity contribution in [1.82, 2.24) is 0 Å². The smallest absolute Gasteiger partial charge is 0.0548 e. The Balaban J connectivity index is 1.54. The van der Waals surface area contributed by atoms with Gasteiger partial charge in [-0.3, -0.25) is 0 Å². The molecule has 2 nitrogen and oxygen atoms in total. The lowest BCUT2D eigenvalue weighted by atomic mass is 9.63. The molecule has 42 heavy (non-hydrogen) atoms. The van der Waals surface area contributed by atoms with Crippen molar-refractivity contribution in [3.05, 3.63) is 24.3 Å². The van der Waals surface area contributed by atoms with E-state index < -0.39 is 0 Å². The molecule has 10 atom stereocenters. The predicted octanol–water partition coefficient (Wildman–Crippen LogP) is 11.4. The van der Waals surface area contributed by atoms with Crippen LogP contribution in [0, 0.1) is 58.2 Å². The largest absolute Gasteiger partial charge is 0.393 e. The zero-order valence-corrected chi connectivity index (χ0v) is 29.9. The highest BCUT2D eigenvalue weighted by Gasteiger charge is 2.40. The van der Waals surface area contributed by atoms with Gasteiger partial charge in [0.25, 0.3) is 0 Å². The average Bonchev–Trinajstić information content (AvgIpc) is 2.84. The van der Waals surface area contributed by atoms with Gasteiger partial charge in [0.2, 0.25) is 0 Å². The van der Waals surface area contributed by atoms with Gasteiger partial charge in [-0.25, -0.2) is 0 Å². The Bertz CT molecular complexity index is 727. The van der Waals surface area contributed by atoms with Gasteiger partial charge in [-0.2, -0.15) is 0 Å². The van der Waals surface area contributed by atoms with Gasteiger partial charge in [-0.1, -0.05) is 145 Å². The van der Waals surface area contributed by atoms with Gasteiger partial charge < -0.3 is 10.2 Å². The zero-order valence-electron chi connectivity index (χ0n) is 29.9. The fourth-order valence-electron chi connectivity index (χ4n) is 8.91. The van der Waals surface area contributed by atoms with Gasteiger partial charge in [0.15, 0.2) is 0 Å². The Morgan fingerprint density at radius 2 is 0.905 bits per heavy atom. The first-order valence-electron chi connectivity index (χ1n) is 18.3. The van der Waals surface area contributed by atoms with Gasteiger partial charge >= 0.3 is 0 Å². The Morgan fingerprint density at radius 1 is 0.571 bits per heavy atom. The van der Waals surface area contributed by atoms with Crippen LogP contribution in [0.4, 0.5) is 0 Å². The monoisotopic (exact) mass is 587 g/mol. The maximum absolute atomic E-state index is 10.2. The van der Waals surface area contributed by atoms with Gasteiger partial charge in [0.1, 0.15) is 0 Å². The highest BCUT2D eigenvalue weighted by atomic mass is 16.3. The van der Waals surface area contributed by atoms with Crippen molar-refractivity contribution in [3.63, 3.8) is 0 Å². The maximum atomic E-state index is 10.2. The van der Waals surface area contributed by atoms with Crippen LogP contribution in [0.25, 0.3) is 0 Å². The van der Waals surface area contributed by atoms with Crippen LogP contribution < -0.4 is 0 Å². The first kappa shape index (κ1) is 37.6. The molecule has 2 aliphatic rings. The number of hydrogen-bond donors (Lipinski definition) is 2. The average molecular weight is 587 g/mol. The van der Waals surface area contributed by atoms with E-state index in [2.05, 4.69) is 93.5 Å². The van der Waals surface area contributed by atoms with Crippen molar-refractivity contribution in [3.8, 4) is 0 Å². The van der Waals surface area contributed by atoms with E-state index >= 15 is 0 Å². The Morgan fingerprint density at radius 3 is 1.24 bits per heavy atom. The summed E-state index contributed by atoms with van der Waals surface area (Å²) in [6, 6.07) is 0. The van der Waals surface area contributed by atoms with E-state index in [-0.39, 0.29) is 23.0 Å². The molecular formula is C40H74O2. The minimum Gasteiger partial charge on any atom is -0.393 e. The molecule has 0 saturated heterocycles. The molecule has 0 aromatic heterocycles. The van der Waals surface area contributed by atoms with E-state index in [1.165, 1.54) is 64.2 Å². The van der Waals surface area contributed by atoms with E-state index in [0.717, 1.165) is 37.5 Å². The summed E-state index contributed by atoms with van der Waals surface area (Å²) in [5.74, 6) is 5.33. The fourth-order valence-corrected chi connectivity index (χ4v) is 8.91. The van der Waals surface area contributed by atoms with Crippen molar-refractivity contribution in [1.29, 1.82) is 0 Å². The zero-order chi connectivity index (χ0) is 31.5. The predicted molar refractivity (Wildman–Crippen MR) is 184 cm³/mol. The second-order valence-electron chi connectivity index (χ2n) is 17.3. The molecule has 2 N–H and O–H groups in total. The number of unbranched alkanes of at least 4 members (excludes halogenated alkanes) is 1. The summed E-state index contributed by atoms with van der Waals surface area (Å²) in [6.07, 6.45) is 27.1. The van der Waals surface area contributed by atoms with Crippen LogP contribution in [0.15, 0.2) is 24.3 Å². The molecule has 0 heterocycles. The molecule has 246 valence electrons. The molecule has 0 aromatic rings. The summed E-state index contributed by atoms with van der Waals surface area (Å²) in [6.45, 7) is 23.7. The molecule has 2 heteroatoms. The molecule has 0 bridgehead atoms. The summed E-state index contributed by atoms with van der Waals surface area (Å²) in [4.78, 5) is 0. The third kappa shape index (κ3) is 13.2. The molecule has 0 aliphatic heterocycles. The lowest BCUT2D eigenvalue weighted by molar-refractivity contribution is 0.00710. The van der Waals surface area contributed by atoms with Crippen LogP contribution in [0.1, 0.15) is 159 Å². The first-order valence-corrected chi connectivity index (χ1v) is 18.3. The SMILES string of the molecule is C[C@H](CCCC[C@@H](C)CCC[C@@H](C)/C=C/[C@H]1[C@@H](C)C[C@H](O)CC1(C)C)CCC[C@H](C)/C=C/[C@@H]1[C@@H](C)C[C@H](O)CC1(C)C. The third-order valence-corrected chi connectivity index (χ3v) is 11.5. The normalized spacial score (nSPS) is 32.7. The second kappa shape index (κ2) is 17.8. The van der Waals surface area contributed by atoms with E-state index in [4.69, 9.17) is 0 Å². The standard InChI is InChI=1S/C40H74O2/c1-29(17-13-19-31(3)21-23-37-33(5)25-35(41)27-39(37,7)8)15-11-12-16-30(2)18-14-20-32(4)22-24-38-34(6)26-36(42)28-40(38,9)10/h21-24,29-38,41-42H,11-20,25-28H2,1-10H3/b23-21+,24-22+/t29-,30-,31-,32+,33+,34+,35+,36+,37+,38-/m1/s1. The van der Waals surface area contributed by atoms with Crippen LogP contribution in [0.2, 0.25) is 0 Å². The Kier molecular flexibility index (Phi) is 15.9. The first-order chi connectivity index (χ1) is 19.6. The van der Waals surface area contributed by atoms with Crippen molar-refractivity contribution in [2.75, 3.05) is 0 Å². The summed E-state index contributed by atoms with van der Waals surface area (Å²) in [5, 5.41) is 20.4. The highest BCUT2D eigenvalue weighted by molar-refractivity contribution is 5.04. The maximum Gasteiger partial charge on any atom is 0.0548 e. The molecular weight excluding hydrogens is 512 g/mol. The topological polar surface area (TPSA) is 40.5 Å². The third-order valence-electron chi connectivity index (χ3n) is 11.5. The van der Waals surface area contributed by atoms with Crippen molar-refractivity contribution in [2.45, 2.75) is 171 Å². The van der Waals surface area contributed by atoms with E-state index in [1.54, 1.807) is 0 Å². The summed E-state index contributed by atoms with van der Waals surface area (Å²) < 4.78 is 0. The molecule has 0 amide bonds. The summed E-state index contributed by atoms with van der Waals surface area (Å²) >= 11 is 0. The van der Waals surface area contributed by atoms with Gasteiger partial charge in [-0.05, 0) is 96.7 Å². The summed E-state index contributed by atoms with van der Waals surface area (Å²) in [7, 11) is 0. The van der Waals surface area contributed by atoms with Crippen LogP contribution in [-0.4, -0.2) is 22.4 Å². The molecule has 0 radical (unpaired) electrons. The van der Waals surface area contributed by atoms with E-state index in [1.807, 2.05) is 0 Å². The lowest BCUT2D eigenvalue weighted by Crippen LogP contribution is -2.38. The molecule has 2 rings (SSSR count). The number of allylic oxidation sites excluding steroid dienone is 4. The minimum atomic E-state index is -0.121. The molecule has 2 saturated carbocycles. The molecule has 0 spiro atoms. The van der Waals surface area contributed by atoms with E-state index in [0.29, 0.717) is 35.5 Å².